The van der Waals surface area contributed by atoms with Gasteiger partial charge in [0.2, 0.25) is 17.0 Å². The molecule has 1 aliphatic rings. The molecule has 0 unspecified atom stereocenters. The lowest BCUT2D eigenvalue weighted by atomic mass is 9.91. The Hall–Kier alpha value is -2.30. The number of ether oxygens (including phenoxy) is 1. The van der Waals surface area contributed by atoms with Crippen LogP contribution < -0.4 is 0 Å². The minimum Gasteiger partial charge on any atom is -0.481 e. The highest BCUT2D eigenvalue weighted by molar-refractivity contribution is 7.55. The van der Waals surface area contributed by atoms with Crippen molar-refractivity contribution in [2.45, 2.75) is 36.9 Å². The minimum absolute atomic E-state index is 0.0835. The van der Waals surface area contributed by atoms with Gasteiger partial charge >= 0.3 is 25.5 Å². The smallest absolute Gasteiger partial charge is 0.345 e. The van der Waals surface area contributed by atoms with E-state index in [-0.39, 0.29) is 4.90 Å². The molecule has 12 nitrogen and oxygen atoms in total. The number of hydrogen-bond acceptors (Lipinski definition) is 7. The molecule has 0 aliphatic carbocycles. The van der Waals surface area contributed by atoms with Crippen molar-refractivity contribution in [3.63, 3.8) is 0 Å². The average molecular weight is 381 g/mol. The molecular weight excluding hydrogens is 365 g/mol. The zero-order valence-electron chi connectivity index (χ0n) is 12.9. The van der Waals surface area contributed by atoms with E-state index in [1.54, 1.807) is 0 Å². The monoisotopic (exact) mass is 381 g/mol. The van der Waals surface area contributed by atoms with Crippen molar-refractivity contribution in [3.05, 3.63) is 0 Å². The maximum atomic E-state index is 12.2. The van der Waals surface area contributed by atoms with E-state index in [2.05, 4.69) is 4.74 Å². The van der Waals surface area contributed by atoms with E-state index >= 15 is 0 Å². The molecule has 4 N–H and O–H groups in total. The van der Waals surface area contributed by atoms with Crippen LogP contribution in [0.15, 0.2) is 0 Å². The second kappa shape index (κ2) is 7.30. The summed E-state index contributed by atoms with van der Waals surface area (Å²) in [4.78, 5) is 77.9. The van der Waals surface area contributed by atoms with Gasteiger partial charge in [-0.2, -0.15) is 0 Å². The van der Waals surface area contributed by atoms with Gasteiger partial charge in [0.05, 0.1) is 7.11 Å². The normalized spacial score (nSPS) is 18.6. The number of carbonyl (C=O) groups excluding carboxylic acids is 3. The van der Waals surface area contributed by atoms with Crippen LogP contribution in [0.1, 0.15) is 25.7 Å². The molecule has 0 spiro atoms. The summed E-state index contributed by atoms with van der Waals surface area (Å²) >= 11 is 0. The lowest BCUT2D eigenvalue weighted by Crippen LogP contribution is -2.62. The first-order valence-corrected chi connectivity index (χ1v) is 8.45. The third kappa shape index (κ3) is 3.70. The van der Waals surface area contributed by atoms with Gasteiger partial charge in [0, 0.05) is 19.3 Å². The molecule has 25 heavy (non-hydrogen) atoms. The van der Waals surface area contributed by atoms with Gasteiger partial charge in [-0.3, -0.25) is 28.6 Å². The van der Waals surface area contributed by atoms with E-state index in [0.717, 1.165) is 0 Å². The summed E-state index contributed by atoms with van der Waals surface area (Å²) in [6.45, 7) is 0. The van der Waals surface area contributed by atoms with Crippen LogP contribution in [0.3, 0.4) is 0 Å². The maximum Gasteiger partial charge on any atom is 0.345 e. The van der Waals surface area contributed by atoms with Crippen molar-refractivity contribution in [2.75, 3.05) is 7.11 Å². The highest BCUT2D eigenvalue weighted by Crippen LogP contribution is 2.57. The third-order valence-electron chi connectivity index (χ3n) is 3.81. The molecule has 0 aromatic carbocycles. The summed E-state index contributed by atoms with van der Waals surface area (Å²) in [5.74, 6) is -7.46. The van der Waals surface area contributed by atoms with Gasteiger partial charge in [-0.1, -0.05) is 0 Å². The molecule has 0 bridgehead atoms. The highest BCUT2D eigenvalue weighted by Gasteiger charge is 2.66. The Morgan fingerprint density at radius 2 is 1.68 bits per heavy atom. The third-order valence-corrected chi connectivity index (χ3v) is 5.50. The molecule has 140 valence electrons. The molecule has 0 aromatic heterocycles. The number of imide groups is 1. The topological polar surface area (TPSA) is 196 Å². The first-order chi connectivity index (χ1) is 11.4. The number of hydrogen-bond donors (Lipinski definition) is 4. The molecule has 1 saturated heterocycles. The van der Waals surface area contributed by atoms with E-state index < -0.39 is 74.2 Å². The second-order valence-corrected chi connectivity index (χ2v) is 7.14. The van der Waals surface area contributed by atoms with Crippen LogP contribution in [0.5, 0.6) is 0 Å². The van der Waals surface area contributed by atoms with Crippen LogP contribution in [0, 0.1) is 0 Å². The number of rotatable bonds is 8. The summed E-state index contributed by atoms with van der Waals surface area (Å²) in [5, 5.41) is 15.0. The zero-order chi connectivity index (χ0) is 19.6. The Morgan fingerprint density at radius 3 is 2.00 bits per heavy atom. The van der Waals surface area contributed by atoms with Gasteiger partial charge < -0.3 is 24.7 Å². The molecule has 13 heteroatoms. The summed E-state index contributed by atoms with van der Waals surface area (Å²) in [6, 6.07) is -2.61. The largest absolute Gasteiger partial charge is 0.481 e. The molecule has 0 radical (unpaired) electrons. The number of esters is 1. The van der Waals surface area contributed by atoms with Gasteiger partial charge in [0.25, 0.3) is 0 Å². The molecular formula is C12H16NO11P. The molecule has 2 atom stereocenters. The minimum atomic E-state index is -5.72. The van der Waals surface area contributed by atoms with Gasteiger partial charge in [-0.05, 0) is 6.42 Å². The molecule has 1 heterocycles. The van der Waals surface area contributed by atoms with E-state index in [1.165, 1.54) is 0 Å². The van der Waals surface area contributed by atoms with Crippen molar-refractivity contribution in [1.29, 1.82) is 0 Å². The molecule has 1 aliphatic heterocycles. The first kappa shape index (κ1) is 20.7. The van der Waals surface area contributed by atoms with Crippen LogP contribution in [-0.4, -0.2) is 72.9 Å². The fourth-order valence-electron chi connectivity index (χ4n) is 2.66. The Labute approximate surface area is 140 Å². The van der Waals surface area contributed by atoms with Crippen LogP contribution in [-0.2, 0) is 33.3 Å². The quantitative estimate of drug-likeness (QED) is 0.218. The van der Waals surface area contributed by atoms with Crippen molar-refractivity contribution in [1.82, 2.24) is 4.90 Å². The van der Waals surface area contributed by atoms with Gasteiger partial charge in [0.15, 0.2) is 6.04 Å². The first-order valence-electron chi connectivity index (χ1n) is 6.83. The lowest BCUT2D eigenvalue weighted by molar-refractivity contribution is -0.162. The second-order valence-electron chi connectivity index (χ2n) is 5.25. The van der Waals surface area contributed by atoms with Crippen LogP contribution in [0.4, 0.5) is 0 Å². The predicted octanol–water partition coefficient (Wildman–Crippen LogP) is -1.46. The van der Waals surface area contributed by atoms with Crippen molar-refractivity contribution < 1.29 is 53.3 Å². The maximum absolute atomic E-state index is 12.2. The number of nitrogens with zero attached hydrogens (tertiary/aromatic N) is 1. The zero-order valence-corrected chi connectivity index (χ0v) is 13.8. The summed E-state index contributed by atoms with van der Waals surface area (Å²) in [6.07, 6.45) is -2.98. The van der Waals surface area contributed by atoms with E-state index in [0.29, 0.717) is 7.11 Å². The molecule has 0 aromatic rings. The number of carboxylic acids is 2. The fourth-order valence-corrected chi connectivity index (χ4v) is 3.94. The van der Waals surface area contributed by atoms with Crippen LogP contribution in [0.25, 0.3) is 0 Å². The molecule has 1 rings (SSSR count). The van der Waals surface area contributed by atoms with Gasteiger partial charge in [-0.15, -0.1) is 0 Å². The van der Waals surface area contributed by atoms with E-state index in [1.807, 2.05) is 0 Å². The lowest BCUT2D eigenvalue weighted by Gasteiger charge is -2.39. The SMILES string of the molecule is COC(=O)[C@](CCC(=O)O)([C@H](C(=O)O)N1C(=O)CCC1=O)P(=O)(O)O. The summed E-state index contributed by atoms with van der Waals surface area (Å²) in [7, 11) is -5.01. The Bertz CT molecular complexity index is 652. The van der Waals surface area contributed by atoms with Gasteiger partial charge in [0.1, 0.15) is 0 Å². The van der Waals surface area contributed by atoms with Crippen molar-refractivity contribution in [2.24, 2.45) is 0 Å². The molecule has 0 saturated carbocycles. The standard InChI is InChI=1S/C12H16NO11P/c1-24-11(20)12(25(21,22)23,5-4-8(16)17)9(10(18)19)13-6(14)2-3-7(13)15/h9H,2-5H2,1H3,(H,16,17)(H,18,19)(H2,21,22,23)/t9-,12-/m0/s1. The Morgan fingerprint density at radius 1 is 1.20 bits per heavy atom. The predicted molar refractivity (Wildman–Crippen MR) is 76.2 cm³/mol. The van der Waals surface area contributed by atoms with Crippen molar-refractivity contribution in [3.8, 4) is 0 Å². The Kier molecular flexibility index (Phi) is 6.05. The number of carboxylic acid groups (broad SMARTS) is 2. The highest BCUT2D eigenvalue weighted by atomic mass is 31.2. The summed E-state index contributed by atoms with van der Waals surface area (Å²) < 4.78 is 16.4. The van der Waals surface area contributed by atoms with E-state index in [9.17, 15) is 43.4 Å². The van der Waals surface area contributed by atoms with Gasteiger partial charge in [-0.25, -0.2) is 4.79 Å². The summed E-state index contributed by atoms with van der Waals surface area (Å²) in [5.41, 5.74) is 0. The number of likely N-dealkylation sites (tertiary alicyclic amines) is 1. The van der Waals surface area contributed by atoms with Crippen LogP contribution >= 0.6 is 7.60 Å². The number of methoxy groups -OCH3 is 1. The fraction of sp³-hybridized carbons (Fsp3) is 0.583. The number of amides is 2. The Balaban J connectivity index is 3.69. The van der Waals surface area contributed by atoms with Crippen LogP contribution in [0.2, 0.25) is 0 Å². The van der Waals surface area contributed by atoms with E-state index in [4.69, 9.17) is 5.11 Å². The molecule has 1 fully saturated rings. The van der Waals surface area contributed by atoms with Crippen molar-refractivity contribution >= 4 is 37.3 Å². The average Bonchev–Trinajstić information content (AvgIpc) is 2.80. The number of carbonyl (C=O) groups is 5. The number of aliphatic carboxylic acids is 2. The molecule has 2 amide bonds.